The molecule has 0 spiro atoms. The fourth-order valence-electron chi connectivity index (χ4n) is 1.98. The first-order valence-electron chi connectivity index (χ1n) is 5.34. The monoisotopic (exact) mass is 225 g/mol. The molecule has 15 heavy (non-hydrogen) atoms. The second-order valence-electron chi connectivity index (χ2n) is 3.85. The lowest BCUT2D eigenvalue weighted by Crippen LogP contribution is -2.44. The SMILES string of the molecule is C[C@@H](c1cccnc1Cl)N1CCNCC1. The van der Waals surface area contributed by atoms with E-state index in [0.717, 1.165) is 31.7 Å². The van der Waals surface area contributed by atoms with Crippen LogP contribution in [0.1, 0.15) is 18.5 Å². The van der Waals surface area contributed by atoms with Gasteiger partial charge in [-0.2, -0.15) is 0 Å². The van der Waals surface area contributed by atoms with E-state index in [1.807, 2.05) is 6.07 Å². The van der Waals surface area contributed by atoms with Gasteiger partial charge in [0.1, 0.15) is 5.15 Å². The van der Waals surface area contributed by atoms with E-state index >= 15 is 0 Å². The molecule has 2 rings (SSSR count). The molecular formula is C11H16ClN3. The molecule has 1 saturated heterocycles. The van der Waals surface area contributed by atoms with Gasteiger partial charge in [-0.3, -0.25) is 4.90 Å². The maximum Gasteiger partial charge on any atom is 0.133 e. The van der Waals surface area contributed by atoms with E-state index in [1.165, 1.54) is 0 Å². The van der Waals surface area contributed by atoms with Crippen LogP contribution >= 0.6 is 11.6 Å². The number of hydrogen-bond acceptors (Lipinski definition) is 3. The van der Waals surface area contributed by atoms with Gasteiger partial charge in [0.25, 0.3) is 0 Å². The molecule has 4 heteroatoms. The van der Waals surface area contributed by atoms with Crippen molar-refractivity contribution in [3.8, 4) is 0 Å². The summed E-state index contributed by atoms with van der Waals surface area (Å²) in [6.07, 6.45) is 1.73. The van der Waals surface area contributed by atoms with Crippen molar-refractivity contribution in [3.63, 3.8) is 0 Å². The van der Waals surface area contributed by atoms with Crippen LogP contribution in [0.4, 0.5) is 0 Å². The van der Waals surface area contributed by atoms with Crippen LogP contribution in [-0.4, -0.2) is 36.1 Å². The molecule has 0 unspecified atom stereocenters. The van der Waals surface area contributed by atoms with Crippen molar-refractivity contribution in [1.29, 1.82) is 0 Å². The number of piperazine rings is 1. The zero-order valence-corrected chi connectivity index (χ0v) is 9.67. The maximum atomic E-state index is 6.08. The quantitative estimate of drug-likeness (QED) is 0.777. The Balaban J connectivity index is 2.12. The van der Waals surface area contributed by atoms with Crippen LogP contribution < -0.4 is 5.32 Å². The zero-order chi connectivity index (χ0) is 10.7. The Labute approximate surface area is 95.4 Å². The van der Waals surface area contributed by atoms with Gasteiger partial charge in [-0.15, -0.1) is 0 Å². The minimum atomic E-state index is 0.355. The molecule has 0 radical (unpaired) electrons. The number of nitrogens with one attached hydrogen (secondary N) is 1. The summed E-state index contributed by atoms with van der Waals surface area (Å²) in [4.78, 5) is 6.55. The van der Waals surface area contributed by atoms with Crippen LogP contribution in [0.15, 0.2) is 18.3 Å². The summed E-state index contributed by atoms with van der Waals surface area (Å²) in [5.74, 6) is 0. The average Bonchev–Trinajstić information content (AvgIpc) is 2.30. The summed E-state index contributed by atoms with van der Waals surface area (Å²) in [6, 6.07) is 4.36. The fourth-order valence-corrected chi connectivity index (χ4v) is 2.25. The van der Waals surface area contributed by atoms with Gasteiger partial charge in [-0.05, 0) is 13.0 Å². The molecule has 1 aromatic rings. The van der Waals surface area contributed by atoms with E-state index in [9.17, 15) is 0 Å². The minimum absolute atomic E-state index is 0.355. The van der Waals surface area contributed by atoms with E-state index in [2.05, 4.69) is 28.2 Å². The first-order valence-corrected chi connectivity index (χ1v) is 5.72. The molecule has 2 heterocycles. The molecule has 3 nitrogen and oxygen atoms in total. The van der Waals surface area contributed by atoms with Gasteiger partial charge in [0, 0.05) is 44.0 Å². The average molecular weight is 226 g/mol. The largest absolute Gasteiger partial charge is 0.314 e. The van der Waals surface area contributed by atoms with E-state index in [1.54, 1.807) is 6.20 Å². The van der Waals surface area contributed by atoms with Crippen LogP contribution in [0.2, 0.25) is 5.15 Å². The summed E-state index contributed by atoms with van der Waals surface area (Å²) in [5, 5.41) is 3.97. The van der Waals surface area contributed by atoms with Crippen LogP contribution in [0.25, 0.3) is 0 Å². The summed E-state index contributed by atoms with van der Waals surface area (Å²) < 4.78 is 0. The Morgan fingerprint density at radius 1 is 1.47 bits per heavy atom. The smallest absolute Gasteiger partial charge is 0.133 e. The minimum Gasteiger partial charge on any atom is -0.314 e. The highest BCUT2D eigenvalue weighted by Gasteiger charge is 2.19. The Morgan fingerprint density at radius 2 is 2.20 bits per heavy atom. The molecular weight excluding hydrogens is 210 g/mol. The number of nitrogens with zero attached hydrogens (tertiary/aromatic N) is 2. The van der Waals surface area contributed by atoms with E-state index < -0.39 is 0 Å². The van der Waals surface area contributed by atoms with Crippen molar-refractivity contribution < 1.29 is 0 Å². The Hall–Kier alpha value is -0.640. The zero-order valence-electron chi connectivity index (χ0n) is 8.91. The van der Waals surface area contributed by atoms with Crippen molar-refractivity contribution in [1.82, 2.24) is 15.2 Å². The Kier molecular flexibility index (Phi) is 3.57. The summed E-state index contributed by atoms with van der Waals surface area (Å²) in [5.41, 5.74) is 1.13. The molecule has 1 aliphatic heterocycles. The van der Waals surface area contributed by atoms with Gasteiger partial charge >= 0.3 is 0 Å². The predicted molar refractivity (Wildman–Crippen MR) is 62.1 cm³/mol. The van der Waals surface area contributed by atoms with Crippen molar-refractivity contribution in [3.05, 3.63) is 29.0 Å². The molecule has 0 bridgehead atoms. The number of halogens is 1. The van der Waals surface area contributed by atoms with Crippen LogP contribution in [-0.2, 0) is 0 Å². The molecule has 1 atom stereocenters. The van der Waals surface area contributed by atoms with E-state index in [0.29, 0.717) is 11.2 Å². The van der Waals surface area contributed by atoms with Crippen LogP contribution in [0.3, 0.4) is 0 Å². The molecule has 1 N–H and O–H groups in total. The lowest BCUT2D eigenvalue weighted by Gasteiger charge is -2.33. The first-order chi connectivity index (χ1) is 7.29. The van der Waals surface area contributed by atoms with Gasteiger partial charge in [-0.1, -0.05) is 17.7 Å². The fraction of sp³-hybridized carbons (Fsp3) is 0.545. The second-order valence-corrected chi connectivity index (χ2v) is 4.20. The predicted octanol–water partition coefficient (Wildman–Crippen LogP) is 1.70. The van der Waals surface area contributed by atoms with Crippen molar-refractivity contribution in [2.24, 2.45) is 0 Å². The van der Waals surface area contributed by atoms with Gasteiger partial charge in [0.2, 0.25) is 0 Å². The maximum absolute atomic E-state index is 6.08. The number of rotatable bonds is 2. The third-order valence-electron chi connectivity index (χ3n) is 2.94. The Morgan fingerprint density at radius 3 is 2.87 bits per heavy atom. The summed E-state index contributed by atoms with van der Waals surface area (Å²) >= 11 is 6.08. The normalized spacial score (nSPS) is 20.1. The van der Waals surface area contributed by atoms with Gasteiger partial charge < -0.3 is 5.32 Å². The lowest BCUT2D eigenvalue weighted by molar-refractivity contribution is 0.185. The number of hydrogen-bond donors (Lipinski definition) is 1. The van der Waals surface area contributed by atoms with E-state index in [-0.39, 0.29) is 0 Å². The molecule has 1 aromatic heterocycles. The van der Waals surface area contributed by atoms with Crippen LogP contribution in [0.5, 0.6) is 0 Å². The number of pyridine rings is 1. The van der Waals surface area contributed by atoms with Crippen molar-refractivity contribution in [2.45, 2.75) is 13.0 Å². The van der Waals surface area contributed by atoms with Crippen molar-refractivity contribution >= 4 is 11.6 Å². The van der Waals surface area contributed by atoms with E-state index in [4.69, 9.17) is 11.6 Å². The second kappa shape index (κ2) is 4.92. The lowest BCUT2D eigenvalue weighted by atomic mass is 10.1. The highest BCUT2D eigenvalue weighted by atomic mass is 35.5. The first kappa shape index (κ1) is 10.9. The van der Waals surface area contributed by atoms with Gasteiger partial charge in [0.15, 0.2) is 0 Å². The summed E-state index contributed by atoms with van der Waals surface area (Å²) in [6.45, 7) is 6.46. The molecule has 0 aliphatic carbocycles. The topological polar surface area (TPSA) is 28.2 Å². The summed E-state index contributed by atoms with van der Waals surface area (Å²) in [7, 11) is 0. The highest BCUT2D eigenvalue weighted by Crippen LogP contribution is 2.25. The molecule has 0 amide bonds. The molecule has 1 aliphatic rings. The molecule has 1 fully saturated rings. The molecule has 0 aromatic carbocycles. The third kappa shape index (κ3) is 2.48. The highest BCUT2D eigenvalue weighted by molar-refractivity contribution is 6.30. The van der Waals surface area contributed by atoms with Crippen molar-refractivity contribution in [2.75, 3.05) is 26.2 Å². The molecule has 82 valence electrons. The standard InChI is InChI=1S/C11H16ClN3/c1-9(15-7-5-13-6-8-15)10-3-2-4-14-11(10)12/h2-4,9,13H,5-8H2,1H3/t9-/m0/s1. The number of aromatic nitrogens is 1. The van der Waals surface area contributed by atoms with Gasteiger partial charge in [0.05, 0.1) is 0 Å². The third-order valence-corrected chi connectivity index (χ3v) is 3.25. The van der Waals surface area contributed by atoms with Crippen LogP contribution in [0, 0.1) is 0 Å². The Bertz CT molecular complexity index is 323. The van der Waals surface area contributed by atoms with Gasteiger partial charge in [-0.25, -0.2) is 4.98 Å². The molecule has 0 saturated carbocycles.